The van der Waals surface area contributed by atoms with Crippen LogP contribution >= 0.6 is 0 Å². The van der Waals surface area contributed by atoms with Gasteiger partial charge in [0.15, 0.2) is 5.65 Å². The van der Waals surface area contributed by atoms with Crippen LogP contribution in [0.2, 0.25) is 0 Å². The van der Waals surface area contributed by atoms with Crippen LogP contribution in [0.15, 0.2) is 30.6 Å². The van der Waals surface area contributed by atoms with Crippen LogP contribution < -0.4 is 10.1 Å². The van der Waals surface area contributed by atoms with Crippen molar-refractivity contribution < 1.29 is 9.53 Å². The van der Waals surface area contributed by atoms with E-state index in [-0.39, 0.29) is 11.9 Å². The quantitative estimate of drug-likeness (QED) is 0.711. The molecule has 2 aromatic heterocycles. The summed E-state index contributed by atoms with van der Waals surface area (Å²) in [4.78, 5) is 24.7. The number of carbonyl (C=O) groups excluding carboxylic acids is 1. The van der Waals surface area contributed by atoms with Crippen molar-refractivity contribution in [2.24, 2.45) is 0 Å². The van der Waals surface area contributed by atoms with Crippen LogP contribution in [0, 0.1) is 0 Å². The number of H-pyrrole nitrogens is 1. The third-order valence-electron chi connectivity index (χ3n) is 5.84. The van der Waals surface area contributed by atoms with E-state index in [2.05, 4.69) is 32.4 Å². The summed E-state index contributed by atoms with van der Waals surface area (Å²) in [5.74, 6) is 1.07. The fourth-order valence-corrected chi connectivity index (χ4v) is 4.34. The highest BCUT2D eigenvalue weighted by Crippen LogP contribution is 2.29. The van der Waals surface area contributed by atoms with E-state index in [1.54, 1.807) is 12.4 Å². The Morgan fingerprint density at radius 1 is 1.11 bits per heavy atom. The molecule has 0 aliphatic heterocycles. The highest BCUT2D eigenvalue weighted by Gasteiger charge is 2.20. The first-order valence-electron chi connectivity index (χ1n) is 10.2. The fraction of sp³-hybridized carbons (Fsp3) is 0.409. The predicted octanol–water partition coefficient (Wildman–Crippen LogP) is 4.30. The molecule has 0 radical (unpaired) electrons. The second-order valence-electron chi connectivity index (χ2n) is 7.80. The van der Waals surface area contributed by atoms with Gasteiger partial charge in [-0.3, -0.25) is 4.79 Å². The number of aryl methyl sites for hydroxylation is 2. The number of nitrogens with one attached hydrogen (secondary N) is 2. The van der Waals surface area contributed by atoms with E-state index in [4.69, 9.17) is 4.74 Å². The Bertz CT molecular complexity index is 1020. The minimum absolute atomic E-state index is 0.0952. The molecule has 0 spiro atoms. The van der Waals surface area contributed by atoms with Crippen molar-refractivity contribution in [3.8, 4) is 11.6 Å². The van der Waals surface area contributed by atoms with E-state index in [0.29, 0.717) is 22.6 Å². The molecule has 28 heavy (non-hydrogen) atoms. The third-order valence-corrected chi connectivity index (χ3v) is 5.84. The molecule has 0 bridgehead atoms. The van der Waals surface area contributed by atoms with Gasteiger partial charge in [0.2, 0.25) is 5.88 Å². The van der Waals surface area contributed by atoms with Crippen LogP contribution in [-0.4, -0.2) is 26.9 Å². The lowest BCUT2D eigenvalue weighted by atomic mass is 9.95. The molecule has 1 saturated carbocycles. The number of hydrogen-bond acceptors (Lipinski definition) is 4. The van der Waals surface area contributed by atoms with Crippen LogP contribution in [-0.2, 0) is 12.8 Å². The van der Waals surface area contributed by atoms with Crippen molar-refractivity contribution in [1.82, 2.24) is 20.3 Å². The summed E-state index contributed by atoms with van der Waals surface area (Å²) in [5.41, 5.74) is 4.41. The van der Waals surface area contributed by atoms with Crippen LogP contribution in [0.4, 0.5) is 0 Å². The molecule has 1 fully saturated rings. The number of amides is 1. The Balaban J connectivity index is 1.37. The molecule has 2 aliphatic carbocycles. The summed E-state index contributed by atoms with van der Waals surface area (Å²) in [7, 11) is 0. The molecule has 0 atom stereocenters. The van der Waals surface area contributed by atoms with Gasteiger partial charge in [-0.05, 0) is 55.4 Å². The maximum Gasteiger partial charge on any atom is 0.255 e. The van der Waals surface area contributed by atoms with Gasteiger partial charge in [-0.1, -0.05) is 25.3 Å². The number of aromatic nitrogens is 3. The minimum Gasteiger partial charge on any atom is -0.437 e. The van der Waals surface area contributed by atoms with Crippen molar-refractivity contribution >= 4 is 17.1 Å². The van der Waals surface area contributed by atoms with Gasteiger partial charge >= 0.3 is 0 Å². The van der Waals surface area contributed by atoms with Gasteiger partial charge in [0.05, 0.1) is 11.8 Å². The normalized spacial score (nSPS) is 16.9. The average Bonchev–Trinajstić information content (AvgIpc) is 3.35. The largest absolute Gasteiger partial charge is 0.437 e. The first kappa shape index (κ1) is 17.2. The molecule has 0 saturated heterocycles. The fourth-order valence-electron chi connectivity index (χ4n) is 4.34. The van der Waals surface area contributed by atoms with Crippen molar-refractivity contribution in [2.75, 3.05) is 0 Å². The second kappa shape index (κ2) is 7.26. The predicted molar refractivity (Wildman–Crippen MR) is 107 cm³/mol. The van der Waals surface area contributed by atoms with E-state index in [1.165, 1.54) is 36.8 Å². The van der Waals surface area contributed by atoms with E-state index < -0.39 is 0 Å². The zero-order valence-corrected chi connectivity index (χ0v) is 15.8. The first-order chi connectivity index (χ1) is 13.8. The van der Waals surface area contributed by atoms with E-state index >= 15 is 0 Å². The Kier molecular flexibility index (Phi) is 4.47. The van der Waals surface area contributed by atoms with Crippen molar-refractivity contribution in [2.45, 2.75) is 57.4 Å². The van der Waals surface area contributed by atoms with Gasteiger partial charge < -0.3 is 15.0 Å². The monoisotopic (exact) mass is 376 g/mol. The zero-order chi connectivity index (χ0) is 18.9. The van der Waals surface area contributed by atoms with Crippen LogP contribution in [0.1, 0.15) is 60.0 Å². The van der Waals surface area contributed by atoms with Crippen LogP contribution in [0.3, 0.4) is 0 Å². The second-order valence-corrected chi connectivity index (χ2v) is 7.80. The molecule has 6 heteroatoms. The summed E-state index contributed by atoms with van der Waals surface area (Å²) in [6.45, 7) is 0. The molecule has 144 valence electrons. The van der Waals surface area contributed by atoms with Gasteiger partial charge in [0, 0.05) is 12.2 Å². The Hall–Kier alpha value is -2.89. The number of carbonyl (C=O) groups is 1. The number of fused-ring (bicyclic) bond motifs is 2. The van der Waals surface area contributed by atoms with Crippen molar-refractivity contribution in [3.05, 3.63) is 47.3 Å². The third kappa shape index (κ3) is 3.35. The molecule has 1 amide bonds. The Labute approximate surface area is 163 Å². The molecule has 5 rings (SSSR count). The SMILES string of the molecule is O=C(NC1CCCCC1)c1c[nH]c2ncc(Oc3ccc4c(c3)CCC4)nc12. The molecule has 6 nitrogen and oxygen atoms in total. The molecule has 2 heterocycles. The highest BCUT2D eigenvalue weighted by atomic mass is 16.5. The molecular formula is C22H24N4O2. The number of nitrogens with zero attached hydrogens (tertiary/aromatic N) is 2. The number of rotatable bonds is 4. The number of aromatic amines is 1. The lowest BCUT2D eigenvalue weighted by Crippen LogP contribution is -2.36. The average molecular weight is 376 g/mol. The van der Waals surface area contributed by atoms with Gasteiger partial charge in [-0.15, -0.1) is 0 Å². The molecular weight excluding hydrogens is 352 g/mol. The first-order valence-corrected chi connectivity index (χ1v) is 10.2. The Morgan fingerprint density at radius 2 is 1.96 bits per heavy atom. The lowest BCUT2D eigenvalue weighted by molar-refractivity contribution is 0.0929. The molecule has 0 unspecified atom stereocenters. The molecule has 2 N–H and O–H groups in total. The van der Waals surface area contributed by atoms with Gasteiger partial charge in [0.1, 0.15) is 11.3 Å². The van der Waals surface area contributed by atoms with E-state index in [0.717, 1.165) is 31.4 Å². The topological polar surface area (TPSA) is 79.9 Å². The smallest absolute Gasteiger partial charge is 0.255 e. The maximum atomic E-state index is 12.7. The lowest BCUT2D eigenvalue weighted by Gasteiger charge is -2.22. The van der Waals surface area contributed by atoms with Gasteiger partial charge in [-0.25, -0.2) is 9.97 Å². The summed E-state index contributed by atoms with van der Waals surface area (Å²) in [5, 5.41) is 3.14. The standard InChI is InChI=1S/C22H24N4O2/c27-22(25-16-7-2-1-3-8-16)18-12-23-21-20(18)26-19(13-24-21)28-17-10-9-14-5-4-6-15(14)11-17/h9-13,16H,1-8H2,(H,23,24)(H,25,27). The van der Waals surface area contributed by atoms with Gasteiger partial charge in [0.25, 0.3) is 5.91 Å². The van der Waals surface area contributed by atoms with E-state index in [9.17, 15) is 4.79 Å². The summed E-state index contributed by atoms with van der Waals surface area (Å²) < 4.78 is 5.95. The maximum absolute atomic E-state index is 12.7. The highest BCUT2D eigenvalue weighted by molar-refractivity contribution is 6.04. The van der Waals surface area contributed by atoms with Crippen molar-refractivity contribution in [1.29, 1.82) is 0 Å². The van der Waals surface area contributed by atoms with Crippen molar-refractivity contribution in [3.63, 3.8) is 0 Å². The summed E-state index contributed by atoms with van der Waals surface area (Å²) >= 11 is 0. The number of hydrogen-bond donors (Lipinski definition) is 2. The van der Waals surface area contributed by atoms with Gasteiger partial charge in [-0.2, -0.15) is 0 Å². The van der Waals surface area contributed by atoms with E-state index in [1.807, 2.05) is 6.07 Å². The number of ether oxygens (including phenoxy) is 1. The summed E-state index contributed by atoms with van der Waals surface area (Å²) in [6, 6.07) is 6.44. The zero-order valence-electron chi connectivity index (χ0n) is 15.8. The van der Waals surface area contributed by atoms with Crippen LogP contribution in [0.25, 0.3) is 11.2 Å². The molecule has 1 aromatic carbocycles. The summed E-state index contributed by atoms with van der Waals surface area (Å²) in [6.07, 6.45) is 12.4. The Morgan fingerprint density at radius 3 is 2.86 bits per heavy atom. The molecule has 3 aromatic rings. The number of benzene rings is 1. The minimum atomic E-state index is -0.0952. The van der Waals surface area contributed by atoms with Crippen LogP contribution in [0.5, 0.6) is 11.6 Å². The molecule has 2 aliphatic rings.